The van der Waals surface area contributed by atoms with E-state index in [1.54, 1.807) is 0 Å². The Kier molecular flexibility index (Phi) is 12.0. The fourth-order valence-electron chi connectivity index (χ4n) is 9.22. The van der Waals surface area contributed by atoms with Gasteiger partial charge in [0.05, 0.1) is 17.1 Å². The average Bonchev–Trinajstić information content (AvgIpc) is 3.76. The van der Waals surface area contributed by atoms with E-state index in [1.807, 2.05) is 67.1 Å². The summed E-state index contributed by atoms with van der Waals surface area (Å²) >= 11 is 7.84. The van der Waals surface area contributed by atoms with Crippen LogP contribution in [-0.4, -0.2) is 15.0 Å². The van der Waals surface area contributed by atoms with E-state index in [9.17, 15) is 0 Å². The van der Waals surface area contributed by atoms with E-state index < -0.39 is 0 Å². The van der Waals surface area contributed by atoms with Crippen LogP contribution in [0.15, 0.2) is 226 Å². The molecular weight excluding hydrogens is 950 g/mol. The zero-order valence-corrected chi connectivity index (χ0v) is 39.7. The second-order valence-electron chi connectivity index (χ2n) is 16.9. The summed E-state index contributed by atoms with van der Waals surface area (Å²) in [6.45, 7) is 0. The Morgan fingerprint density at radius 2 is 0.821 bits per heavy atom. The highest BCUT2D eigenvalue weighted by atomic mass is 79.9. The Balaban J connectivity index is 0.988. The Morgan fingerprint density at radius 3 is 1.40 bits per heavy atom. The van der Waals surface area contributed by atoms with Crippen LogP contribution in [0.1, 0.15) is 22.3 Å². The summed E-state index contributed by atoms with van der Waals surface area (Å²) < 4.78 is 8.64. The number of pyridine rings is 3. The van der Waals surface area contributed by atoms with Crippen molar-refractivity contribution >= 4 is 53.8 Å². The average molecular weight is 994 g/mol. The number of hydrogen-bond acceptors (Lipinski definition) is 4. The standard InChI is InChI=1S/C61H43Br2N3O/c62-55-37-46(58-15-6-9-31-65-58)24-22-42(55)20-18-40-33-41(19-21-43-23-25-47(38-56(43)63)59-16-7-10-32-66-59)35-48(34-40)49-11-1-2-12-50(49)51-28-27-45(57-14-5-8-30-64-57)36-54(51)44-26-29-53-52-13-3-4-17-60(52)67-61(53)39-44/h1-17,22-39H,18-21H2. The molecule has 0 fully saturated rings. The largest absolute Gasteiger partial charge is 0.456 e. The quantitative estimate of drug-likeness (QED) is 0.122. The molecule has 11 aromatic rings. The Hall–Kier alpha value is -7.25. The molecule has 0 N–H and O–H groups in total. The Morgan fingerprint density at radius 1 is 0.328 bits per heavy atom. The third-order valence-electron chi connectivity index (χ3n) is 12.6. The highest BCUT2D eigenvalue weighted by molar-refractivity contribution is 9.10. The zero-order valence-electron chi connectivity index (χ0n) is 36.5. The monoisotopic (exact) mass is 991 g/mol. The number of halogens is 2. The maximum Gasteiger partial charge on any atom is 0.136 e. The third-order valence-corrected chi connectivity index (χ3v) is 14.1. The van der Waals surface area contributed by atoms with E-state index in [4.69, 9.17) is 9.40 Å². The van der Waals surface area contributed by atoms with Crippen LogP contribution in [-0.2, 0) is 25.7 Å². The van der Waals surface area contributed by atoms with E-state index in [1.165, 1.54) is 38.9 Å². The lowest BCUT2D eigenvalue weighted by Crippen LogP contribution is -1.99. The van der Waals surface area contributed by atoms with Crippen molar-refractivity contribution in [2.45, 2.75) is 25.7 Å². The molecule has 322 valence electrons. The molecule has 7 aromatic carbocycles. The molecular formula is C61H43Br2N3O. The number of furan rings is 1. The van der Waals surface area contributed by atoms with Crippen LogP contribution >= 0.6 is 31.9 Å². The maximum atomic E-state index is 6.45. The van der Waals surface area contributed by atoms with E-state index in [0.717, 1.165) is 107 Å². The minimum atomic E-state index is 0.870. The highest BCUT2D eigenvalue weighted by Crippen LogP contribution is 2.42. The molecule has 0 spiro atoms. The summed E-state index contributed by atoms with van der Waals surface area (Å²) in [7, 11) is 0. The van der Waals surface area contributed by atoms with Gasteiger partial charge in [0.2, 0.25) is 0 Å². The van der Waals surface area contributed by atoms with Gasteiger partial charge in [0.1, 0.15) is 11.2 Å². The van der Waals surface area contributed by atoms with Crippen LogP contribution in [0.25, 0.3) is 89.1 Å². The fraction of sp³-hybridized carbons (Fsp3) is 0.0656. The lowest BCUT2D eigenvalue weighted by Gasteiger charge is -2.18. The van der Waals surface area contributed by atoms with E-state index >= 15 is 0 Å². The van der Waals surface area contributed by atoms with E-state index in [-0.39, 0.29) is 0 Å². The van der Waals surface area contributed by atoms with Gasteiger partial charge in [-0.15, -0.1) is 0 Å². The Bertz CT molecular complexity index is 3440. The van der Waals surface area contributed by atoms with Gasteiger partial charge >= 0.3 is 0 Å². The molecule has 0 radical (unpaired) electrons. The SMILES string of the molecule is Brc1cc(-c2ccccn2)ccc1CCc1cc(CCc2ccc(-c3ccccn3)cc2Br)cc(-c2ccccc2-c2ccc(-c3ccccn3)cc2-c2ccc3c(c2)oc2ccccc23)c1. The van der Waals surface area contributed by atoms with Crippen molar-refractivity contribution in [2.24, 2.45) is 0 Å². The molecule has 0 saturated heterocycles. The van der Waals surface area contributed by atoms with Gasteiger partial charge in [-0.1, -0.05) is 153 Å². The summed E-state index contributed by atoms with van der Waals surface area (Å²) in [6.07, 6.45) is 9.08. The first-order valence-electron chi connectivity index (χ1n) is 22.6. The number of nitrogens with zero attached hydrogens (tertiary/aromatic N) is 3. The lowest BCUT2D eigenvalue weighted by molar-refractivity contribution is 0.669. The molecule has 0 aliphatic heterocycles. The molecule has 0 unspecified atom stereocenters. The lowest BCUT2D eigenvalue weighted by atomic mass is 9.86. The van der Waals surface area contributed by atoms with Crippen LogP contribution in [0.3, 0.4) is 0 Å². The third kappa shape index (κ3) is 9.03. The zero-order chi connectivity index (χ0) is 45.1. The van der Waals surface area contributed by atoms with Gasteiger partial charge in [0, 0.05) is 55.0 Å². The van der Waals surface area contributed by atoms with Gasteiger partial charge in [-0.2, -0.15) is 0 Å². The highest BCUT2D eigenvalue weighted by Gasteiger charge is 2.18. The first-order chi connectivity index (χ1) is 33.0. The van der Waals surface area contributed by atoms with Crippen LogP contribution in [0, 0.1) is 0 Å². The van der Waals surface area contributed by atoms with Gasteiger partial charge in [-0.3, -0.25) is 15.0 Å². The molecule has 4 aromatic heterocycles. The molecule has 67 heavy (non-hydrogen) atoms. The predicted octanol–water partition coefficient (Wildman–Crippen LogP) is 16.9. The number of fused-ring (bicyclic) bond motifs is 3. The molecule has 0 aliphatic carbocycles. The molecule has 0 saturated carbocycles. The number of aryl methyl sites for hydroxylation is 4. The van der Waals surface area contributed by atoms with Crippen LogP contribution in [0.5, 0.6) is 0 Å². The van der Waals surface area contributed by atoms with Crippen LogP contribution in [0.2, 0.25) is 0 Å². The summed E-state index contributed by atoms with van der Waals surface area (Å²) in [4.78, 5) is 13.9. The van der Waals surface area contributed by atoms with Crippen molar-refractivity contribution in [2.75, 3.05) is 0 Å². The molecule has 6 heteroatoms. The van der Waals surface area contributed by atoms with Crippen molar-refractivity contribution < 1.29 is 4.42 Å². The van der Waals surface area contributed by atoms with Crippen molar-refractivity contribution in [3.63, 3.8) is 0 Å². The number of rotatable bonds is 12. The summed E-state index contributed by atoms with van der Waals surface area (Å²) in [6, 6.07) is 69.1. The minimum absolute atomic E-state index is 0.870. The van der Waals surface area contributed by atoms with Gasteiger partial charge < -0.3 is 4.42 Å². The van der Waals surface area contributed by atoms with Crippen molar-refractivity contribution in [3.8, 4) is 67.2 Å². The molecule has 0 amide bonds. The smallest absolute Gasteiger partial charge is 0.136 e. The molecule has 0 aliphatic rings. The Labute approximate surface area is 407 Å². The van der Waals surface area contributed by atoms with Crippen molar-refractivity contribution in [1.29, 1.82) is 0 Å². The van der Waals surface area contributed by atoms with E-state index in [2.05, 4.69) is 187 Å². The first kappa shape index (κ1) is 42.4. The molecule has 0 atom stereocenters. The summed E-state index contributed by atoms with van der Waals surface area (Å²) in [5.41, 5.74) is 19.9. The van der Waals surface area contributed by atoms with Crippen LogP contribution in [0.4, 0.5) is 0 Å². The summed E-state index contributed by atoms with van der Waals surface area (Å²) in [5.74, 6) is 0. The number of benzene rings is 7. The molecule has 0 bridgehead atoms. The van der Waals surface area contributed by atoms with Crippen molar-refractivity contribution in [3.05, 3.63) is 244 Å². The number of aromatic nitrogens is 3. The second-order valence-corrected chi connectivity index (χ2v) is 18.6. The van der Waals surface area contributed by atoms with Crippen LogP contribution < -0.4 is 0 Å². The number of hydrogen-bond donors (Lipinski definition) is 0. The first-order valence-corrected chi connectivity index (χ1v) is 24.2. The van der Waals surface area contributed by atoms with Gasteiger partial charge in [-0.05, 0) is 154 Å². The van der Waals surface area contributed by atoms with Gasteiger partial charge in [0.25, 0.3) is 0 Å². The molecule has 11 rings (SSSR count). The normalized spacial score (nSPS) is 11.4. The minimum Gasteiger partial charge on any atom is -0.456 e. The fourth-order valence-corrected chi connectivity index (χ4v) is 10.4. The topological polar surface area (TPSA) is 51.8 Å². The molecule has 4 nitrogen and oxygen atoms in total. The van der Waals surface area contributed by atoms with E-state index in [0.29, 0.717) is 0 Å². The maximum absolute atomic E-state index is 6.45. The van der Waals surface area contributed by atoms with Gasteiger partial charge in [0.15, 0.2) is 0 Å². The van der Waals surface area contributed by atoms with Gasteiger partial charge in [-0.25, -0.2) is 0 Å². The predicted molar refractivity (Wildman–Crippen MR) is 283 cm³/mol. The molecule has 4 heterocycles. The summed E-state index contributed by atoms with van der Waals surface area (Å²) in [5, 5.41) is 2.23. The van der Waals surface area contributed by atoms with Crippen molar-refractivity contribution in [1.82, 2.24) is 15.0 Å². The number of para-hydroxylation sites is 1. The second kappa shape index (κ2) is 18.9.